The minimum Gasteiger partial charge on any atom is -0.496 e. The molecule has 4 nitrogen and oxygen atoms in total. The molecular weight excluding hydrogens is 242 g/mol. The Labute approximate surface area is 114 Å². The number of amides is 1. The van der Waals surface area contributed by atoms with Crippen molar-refractivity contribution in [3.63, 3.8) is 0 Å². The molecule has 0 unspecified atom stereocenters. The van der Waals surface area contributed by atoms with Crippen molar-refractivity contribution < 1.29 is 14.3 Å². The summed E-state index contributed by atoms with van der Waals surface area (Å²) in [6.45, 7) is 5.89. The number of ether oxygens (including phenoxy) is 1. The van der Waals surface area contributed by atoms with E-state index >= 15 is 0 Å². The first-order valence-corrected chi connectivity index (χ1v) is 6.34. The van der Waals surface area contributed by atoms with Crippen molar-refractivity contribution in [2.45, 2.75) is 40.2 Å². The molecule has 1 amide bonds. The van der Waals surface area contributed by atoms with Crippen LogP contribution in [-0.2, 0) is 16.1 Å². The summed E-state index contributed by atoms with van der Waals surface area (Å²) >= 11 is 0. The summed E-state index contributed by atoms with van der Waals surface area (Å²) in [6, 6.07) is 4.04. The maximum absolute atomic E-state index is 11.6. The Kier molecular flexibility index (Phi) is 5.55. The van der Waals surface area contributed by atoms with Gasteiger partial charge in [-0.05, 0) is 26.3 Å². The van der Waals surface area contributed by atoms with E-state index in [1.54, 1.807) is 7.11 Å². The third-order valence-corrected chi connectivity index (χ3v) is 2.88. The lowest BCUT2D eigenvalue weighted by Gasteiger charge is -2.13. The number of nitrogens with one attached hydrogen (secondary N) is 1. The molecule has 0 spiro atoms. The lowest BCUT2D eigenvalue weighted by Crippen LogP contribution is -2.23. The lowest BCUT2D eigenvalue weighted by molar-refractivity contribution is -0.124. The van der Waals surface area contributed by atoms with Crippen molar-refractivity contribution in [3.8, 4) is 5.75 Å². The van der Waals surface area contributed by atoms with Crippen molar-refractivity contribution in [2.24, 2.45) is 0 Å². The summed E-state index contributed by atoms with van der Waals surface area (Å²) in [4.78, 5) is 22.4. The second-order valence-corrected chi connectivity index (χ2v) is 4.75. The fraction of sp³-hybridized carbons (Fsp3) is 0.467. The van der Waals surface area contributed by atoms with E-state index < -0.39 is 0 Å². The Bertz CT molecular complexity index is 481. The third kappa shape index (κ3) is 4.73. The summed E-state index contributed by atoms with van der Waals surface area (Å²) in [5, 5.41) is 2.81. The molecule has 0 heterocycles. The quantitative estimate of drug-likeness (QED) is 0.856. The molecule has 19 heavy (non-hydrogen) atoms. The minimum absolute atomic E-state index is 0.0270. The van der Waals surface area contributed by atoms with Crippen molar-refractivity contribution in [1.82, 2.24) is 5.32 Å². The summed E-state index contributed by atoms with van der Waals surface area (Å²) < 4.78 is 5.36. The topological polar surface area (TPSA) is 55.4 Å². The van der Waals surface area contributed by atoms with Gasteiger partial charge in [0.2, 0.25) is 5.91 Å². The molecule has 0 saturated heterocycles. The summed E-state index contributed by atoms with van der Waals surface area (Å²) in [5.74, 6) is 0.716. The van der Waals surface area contributed by atoms with Crippen LogP contribution in [0.2, 0.25) is 0 Å². The van der Waals surface area contributed by atoms with Gasteiger partial charge in [-0.2, -0.15) is 0 Å². The van der Waals surface area contributed by atoms with Gasteiger partial charge in [0.15, 0.2) is 0 Å². The normalized spacial score (nSPS) is 10.1. The average Bonchev–Trinajstić information content (AvgIpc) is 2.33. The van der Waals surface area contributed by atoms with E-state index in [2.05, 4.69) is 5.32 Å². The number of hydrogen-bond donors (Lipinski definition) is 1. The highest BCUT2D eigenvalue weighted by Gasteiger charge is 2.09. The van der Waals surface area contributed by atoms with Gasteiger partial charge >= 0.3 is 0 Å². The Morgan fingerprint density at radius 3 is 2.47 bits per heavy atom. The Hall–Kier alpha value is -1.84. The molecule has 4 heteroatoms. The van der Waals surface area contributed by atoms with Crippen LogP contribution in [0.4, 0.5) is 0 Å². The van der Waals surface area contributed by atoms with Crippen molar-refractivity contribution in [3.05, 3.63) is 28.8 Å². The van der Waals surface area contributed by atoms with E-state index in [0.29, 0.717) is 6.54 Å². The maximum Gasteiger partial charge on any atom is 0.220 e. The average molecular weight is 263 g/mol. The fourth-order valence-corrected chi connectivity index (χ4v) is 2.04. The maximum atomic E-state index is 11.6. The van der Waals surface area contributed by atoms with Crippen molar-refractivity contribution in [2.75, 3.05) is 7.11 Å². The first-order chi connectivity index (χ1) is 8.93. The molecule has 0 bridgehead atoms. The predicted octanol–water partition coefficient (Wildman–Crippen LogP) is 2.30. The van der Waals surface area contributed by atoms with Crippen molar-refractivity contribution >= 4 is 11.7 Å². The van der Waals surface area contributed by atoms with Gasteiger partial charge in [-0.25, -0.2) is 0 Å². The Morgan fingerprint density at radius 2 is 1.89 bits per heavy atom. The summed E-state index contributed by atoms with van der Waals surface area (Å²) in [7, 11) is 1.62. The first kappa shape index (κ1) is 15.2. The molecular formula is C15H21NO3. The van der Waals surface area contributed by atoms with Crippen LogP contribution in [0, 0.1) is 13.8 Å². The van der Waals surface area contributed by atoms with Crippen LogP contribution in [0.1, 0.15) is 36.5 Å². The van der Waals surface area contributed by atoms with Gasteiger partial charge in [0.1, 0.15) is 11.5 Å². The molecule has 1 rings (SSSR count). The molecule has 0 aliphatic rings. The second kappa shape index (κ2) is 6.92. The molecule has 1 aromatic carbocycles. The SMILES string of the molecule is COc1c(C)cc(C)cc1CNC(=O)CCC(C)=O. The Balaban J connectivity index is 2.67. The number of carbonyl (C=O) groups is 2. The standard InChI is InChI=1S/C15H21NO3/c1-10-7-11(2)15(19-4)13(8-10)9-16-14(18)6-5-12(3)17/h7-8H,5-6,9H2,1-4H3,(H,16,18). The Morgan fingerprint density at radius 1 is 1.21 bits per heavy atom. The molecule has 0 radical (unpaired) electrons. The number of aryl methyl sites for hydroxylation is 2. The highest BCUT2D eigenvalue weighted by molar-refractivity contribution is 5.83. The van der Waals surface area contributed by atoms with Gasteiger partial charge in [-0.15, -0.1) is 0 Å². The van der Waals surface area contributed by atoms with Gasteiger partial charge < -0.3 is 14.8 Å². The van der Waals surface area contributed by atoms with Crippen LogP contribution in [0.5, 0.6) is 5.75 Å². The number of hydrogen-bond acceptors (Lipinski definition) is 3. The number of rotatable bonds is 6. The monoisotopic (exact) mass is 263 g/mol. The van der Waals surface area contributed by atoms with Gasteiger partial charge in [-0.3, -0.25) is 4.79 Å². The number of ketones is 1. The van der Waals surface area contributed by atoms with E-state index in [1.807, 2.05) is 26.0 Å². The minimum atomic E-state index is -0.114. The van der Waals surface area contributed by atoms with E-state index in [-0.39, 0.29) is 24.5 Å². The number of methoxy groups -OCH3 is 1. The molecule has 0 aliphatic heterocycles. The molecule has 1 N–H and O–H groups in total. The number of carbonyl (C=O) groups excluding carboxylic acids is 2. The van der Waals surface area contributed by atoms with E-state index in [4.69, 9.17) is 4.74 Å². The third-order valence-electron chi connectivity index (χ3n) is 2.88. The van der Waals surface area contributed by atoms with Gasteiger partial charge in [0, 0.05) is 24.9 Å². The van der Waals surface area contributed by atoms with Gasteiger partial charge in [-0.1, -0.05) is 17.7 Å². The van der Waals surface area contributed by atoms with Gasteiger partial charge in [0.05, 0.1) is 7.11 Å². The van der Waals surface area contributed by atoms with Gasteiger partial charge in [0.25, 0.3) is 0 Å². The molecule has 104 valence electrons. The largest absolute Gasteiger partial charge is 0.496 e. The lowest BCUT2D eigenvalue weighted by atomic mass is 10.1. The predicted molar refractivity (Wildman–Crippen MR) is 74.2 cm³/mol. The molecule has 0 atom stereocenters. The molecule has 0 fully saturated rings. The zero-order valence-corrected chi connectivity index (χ0v) is 12.0. The fourth-order valence-electron chi connectivity index (χ4n) is 2.04. The van der Waals surface area contributed by atoms with Crippen LogP contribution >= 0.6 is 0 Å². The van der Waals surface area contributed by atoms with E-state index in [9.17, 15) is 9.59 Å². The zero-order chi connectivity index (χ0) is 14.4. The van der Waals surface area contributed by atoms with Crippen LogP contribution in [0.25, 0.3) is 0 Å². The first-order valence-electron chi connectivity index (χ1n) is 6.34. The summed E-state index contributed by atoms with van der Waals surface area (Å²) in [5.41, 5.74) is 3.14. The zero-order valence-electron chi connectivity index (χ0n) is 12.0. The van der Waals surface area contributed by atoms with Crippen LogP contribution in [-0.4, -0.2) is 18.8 Å². The second-order valence-electron chi connectivity index (χ2n) is 4.75. The highest BCUT2D eigenvalue weighted by Crippen LogP contribution is 2.24. The molecule has 1 aromatic rings. The summed E-state index contributed by atoms with van der Waals surface area (Å²) in [6.07, 6.45) is 0.526. The van der Waals surface area contributed by atoms with Crippen molar-refractivity contribution in [1.29, 1.82) is 0 Å². The molecule has 0 aromatic heterocycles. The van der Waals surface area contributed by atoms with Crippen LogP contribution in [0.3, 0.4) is 0 Å². The highest BCUT2D eigenvalue weighted by atomic mass is 16.5. The van der Waals surface area contributed by atoms with E-state index in [1.165, 1.54) is 6.92 Å². The number of benzene rings is 1. The molecule has 0 aliphatic carbocycles. The van der Waals surface area contributed by atoms with Crippen LogP contribution in [0.15, 0.2) is 12.1 Å². The van der Waals surface area contributed by atoms with Crippen LogP contribution < -0.4 is 10.1 Å². The van der Waals surface area contributed by atoms with E-state index in [0.717, 1.165) is 22.4 Å². The molecule has 0 saturated carbocycles. The number of Topliss-reactive ketones (excluding diaryl/α,β-unsaturated/α-hetero) is 1. The smallest absolute Gasteiger partial charge is 0.220 e.